The summed E-state index contributed by atoms with van der Waals surface area (Å²) in [6, 6.07) is 4.60. The van der Waals surface area contributed by atoms with Crippen LogP contribution < -0.4 is 11.5 Å². The quantitative estimate of drug-likeness (QED) is 0.683. The lowest BCUT2D eigenvalue weighted by atomic mass is 9.99. The number of benzene rings is 1. The van der Waals surface area contributed by atoms with E-state index in [1.165, 1.54) is 12.1 Å². The topological polar surface area (TPSA) is 105 Å². The van der Waals surface area contributed by atoms with Gasteiger partial charge >= 0.3 is 0 Å². The molecule has 8 heteroatoms. The Morgan fingerprint density at radius 2 is 2.07 bits per heavy atom. The third kappa shape index (κ3) is 3.40. The molecule has 6 nitrogen and oxygen atoms in total. The lowest BCUT2D eigenvalue weighted by molar-refractivity contribution is 0.0996. The Balaban J connectivity index is 2.05. The molecule has 1 saturated heterocycles. The molecule has 1 atom stereocenters. The Bertz CT molecular complexity index is 1060. The summed E-state index contributed by atoms with van der Waals surface area (Å²) in [5.74, 6) is 2.88. The summed E-state index contributed by atoms with van der Waals surface area (Å²) in [6.07, 6.45) is 0.340. The molecule has 5 N–H and O–H groups in total. The predicted molar refractivity (Wildman–Crippen MR) is 101 cm³/mol. The van der Waals surface area contributed by atoms with Crippen LogP contribution in [0, 0.1) is 23.5 Å². The molecular weight excluding hydrogens is 366 g/mol. The fourth-order valence-corrected chi connectivity index (χ4v) is 2.90. The van der Waals surface area contributed by atoms with E-state index in [9.17, 15) is 18.7 Å². The van der Waals surface area contributed by atoms with Gasteiger partial charge in [0.25, 0.3) is 5.91 Å². The second-order valence-electron chi connectivity index (χ2n) is 6.54. The second kappa shape index (κ2) is 6.94. The molecule has 0 unspecified atom stereocenters. The highest BCUT2D eigenvalue weighted by Gasteiger charge is 2.36. The molecule has 28 heavy (non-hydrogen) atoms. The number of aromatic nitrogens is 1. The van der Waals surface area contributed by atoms with E-state index in [2.05, 4.69) is 23.4 Å². The maximum absolute atomic E-state index is 14.3. The number of aliphatic hydroxyl groups is 1. The first kappa shape index (κ1) is 19.3. The zero-order valence-corrected chi connectivity index (χ0v) is 15.1. The van der Waals surface area contributed by atoms with Gasteiger partial charge in [-0.2, -0.15) is 0 Å². The van der Waals surface area contributed by atoms with Crippen LogP contribution in [0.4, 0.5) is 14.5 Å². The highest BCUT2D eigenvalue weighted by Crippen LogP contribution is 2.30. The monoisotopic (exact) mass is 384 g/mol. The van der Waals surface area contributed by atoms with Crippen molar-refractivity contribution in [2.75, 3.05) is 19.3 Å². The Morgan fingerprint density at radius 3 is 2.68 bits per heavy atom. The van der Waals surface area contributed by atoms with Gasteiger partial charge in [0.05, 0.1) is 16.9 Å². The summed E-state index contributed by atoms with van der Waals surface area (Å²) >= 11 is 0. The number of hydrogen-bond acceptors (Lipinski definition) is 5. The first-order valence-electron chi connectivity index (χ1n) is 8.34. The number of carbonyl (C=O) groups excluding carboxylic acids is 1. The lowest BCUT2D eigenvalue weighted by Crippen LogP contribution is -2.26. The molecule has 3 rings (SSSR count). The van der Waals surface area contributed by atoms with Gasteiger partial charge < -0.3 is 21.5 Å². The molecule has 0 saturated carbocycles. The van der Waals surface area contributed by atoms with Crippen LogP contribution in [0.2, 0.25) is 0 Å². The molecule has 1 aromatic heterocycles. The average molecular weight is 384 g/mol. The number of likely N-dealkylation sites (tertiary alicyclic amines) is 1. The van der Waals surface area contributed by atoms with Crippen LogP contribution in [0.3, 0.4) is 0 Å². The largest absolute Gasteiger partial charge is 0.397 e. The Labute approximate surface area is 160 Å². The number of halogens is 2. The third-order valence-electron chi connectivity index (χ3n) is 4.63. The van der Waals surface area contributed by atoms with Crippen molar-refractivity contribution < 1.29 is 18.7 Å². The van der Waals surface area contributed by atoms with E-state index in [4.69, 9.17) is 11.5 Å². The van der Waals surface area contributed by atoms with Crippen molar-refractivity contribution in [3.8, 4) is 23.1 Å². The maximum atomic E-state index is 14.3. The number of amides is 1. The number of rotatable bonds is 2. The van der Waals surface area contributed by atoms with Crippen molar-refractivity contribution >= 4 is 11.6 Å². The number of pyridine rings is 1. The number of anilines is 1. The Morgan fingerprint density at radius 1 is 1.36 bits per heavy atom. The van der Waals surface area contributed by atoms with E-state index in [0.717, 1.165) is 12.1 Å². The van der Waals surface area contributed by atoms with Crippen molar-refractivity contribution in [1.29, 1.82) is 0 Å². The third-order valence-corrected chi connectivity index (χ3v) is 4.63. The van der Waals surface area contributed by atoms with E-state index in [0.29, 0.717) is 18.7 Å². The number of nitrogen functional groups attached to an aromatic ring is 1. The van der Waals surface area contributed by atoms with Gasteiger partial charge in [0, 0.05) is 31.6 Å². The average Bonchev–Trinajstić information content (AvgIpc) is 2.89. The highest BCUT2D eigenvalue weighted by molar-refractivity contribution is 5.96. The number of nitrogens with two attached hydrogens (primary N) is 2. The second-order valence-corrected chi connectivity index (χ2v) is 6.54. The van der Waals surface area contributed by atoms with E-state index in [1.54, 1.807) is 11.9 Å². The zero-order valence-electron chi connectivity index (χ0n) is 15.1. The SMILES string of the molecule is C=C1N(C)CC[C@@]1(O)C#Cc1cc(-c2nc(C(N)=O)c(N)cc2F)ccc1F. The molecule has 1 amide bonds. The number of likely N-dealkylation sites (N-methyl/N-ethyl adjacent to an activating group) is 1. The van der Waals surface area contributed by atoms with Crippen LogP contribution in [0.25, 0.3) is 11.3 Å². The van der Waals surface area contributed by atoms with Crippen LogP contribution in [0.5, 0.6) is 0 Å². The van der Waals surface area contributed by atoms with Crippen molar-refractivity contribution in [3.05, 3.63) is 59.4 Å². The summed E-state index contributed by atoms with van der Waals surface area (Å²) in [4.78, 5) is 17.0. The number of primary amides is 1. The van der Waals surface area contributed by atoms with Gasteiger partial charge in [-0.3, -0.25) is 4.79 Å². The zero-order chi connectivity index (χ0) is 20.6. The number of hydrogen-bond donors (Lipinski definition) is 3. The summed E-state index contributed by atoms with van der Waals surface area (Å²) in [6.45, 7) is 4.37. The van der Waals surface area contributed by atoms with Crippen molar-refractivity contribution in [3.63, 3.8) is 0 Å². The van der Waals surface area contributed by atoms with Crippen LogP contribution in [0.1, 0.15) is 22.5 Å². The van der Waals surface area contributed by atoms with Crippen LogP contribution >= 0.6 is 0 Å². The first-order valence-corrected chi connectivity index (χ1v) is 8.34. The first-order chi connectivity index (χ1) is 13.1. The van der Waals surface area contributed by atoms with Crippen LogP contribution in [0.15, 0.2) is 36.5 Å². The van der Waals surface area contributed by atoms with Crippen LogP contribution in [-0.4, -0.2) is 40.1 Å². The minimum Gasteiger partial charge on any atom is -0.397 e. The maximum Gasteiger partial charge on any atom is 0.269 e. The molecule has 1 aliphatic heterocycles. The summed E-state index contributed by atoms with van der Waals surface area (Å²) in [7, 11) is 1.77. The predicted octanol–water partition coefficient (Wildman–Crippen LogP) is 1.64. The summed E-state index contributed by atoms with van der Waals surface area (Å²) < 4.78 is 28.5. The molecular formula is C20H18F2N4O2. The van der Waals surface area contributed by atoms with E-state index in [1.807, 2.05) is 0 Å². The van der Waals surface area contributed by atoms with E-state index in [-0.39, 0.29) is 28.2 Å². The summed E-state index contributed by atoms with van der Waals surface area (Å²) in [5.41, 5.74) is 9.14. The minimum atomic E-state index is -1.46. The fraction of sp³-hybridized carbons (Fsp3) is 0.200. The van der Waals surface area contributed by atoms with E-state index < -0.39 is 23.1 Å². The van der Waals surface area contributed by atoms with Gasteiger partial charge in [-0.1, -0.05) is 18.4 Å². The van der Waals surface area contributed by atoms with Gasteiger partial charge in [0.15, 0.2) is 17.1 Å². The van der Waals surface area contributed by atoms with Gasteiger partial charge in [0.1, 0.15) is 11.5 Å². The smallest absolute Gasteiger partial charge is 0.269 e. The van der Waals surface area contributed by atoms with Gasteiger partial charge in [0.2, 0.25) is 0 Å². The summed E-state index contributed by atoms with van der Waals surface area (Å²) in [5, 5.41) is 10.6. The molecule has 0 bridgehead atoms. The minimum absolute atomic E-state index is 0.0630. The molecule has 1 fully saturated rings. The number of carbonyl (C=O) groups is 1. The Kier molecular flexibility index (Phi) is 4.79. The lowest BCUT2D eigenvalue weighted by Gasteiger charge is -2.19. The van der Waals surface area contributed by atoms with Crippen LogP contribution in [-0.2, 0) is 0 Å². The van der Waals surface area contributed by atoms with Gasteiger partial charge in [-0.25, -0.2) is 13.8 Å². The molecule has 2 aromatic rings. The standard InChI is InChI=1S/C20H18F2N4O2/c1-11-20(28,7-8-26(11)2)6-5-12-9-13(3-4-14(12)21)17-15(22)10-16(23)18(25-17)19(24)27/h3-4,9-10,28H,1,7-8,23H2,2H3,(H2,24,27)/t20-/m0/s1. The Hall–Kier alpha value is -3.44. The van der Waals surface area contributed by atoms with E-state index >= 15 is 0 Å². The van der Waals surface area contributed by atoms with Crippen molar-refractivity contribution in [2.45, 2.75) is 12.0 Å². The molecule has 0 radical (unpaired) electrons. The fourth-order valence-electron chi connectivity index (χ4n) is 2.90. The molecule has 144 valence electrons. The normalized spacial score (nSPS) is 18.7. The number of nitrogens with zero attached hydrogens (tertiary/aromatic N) is 2. The van der Waals surface area contributed by atoms with Gasteiger partial charge in [-0.05, 0) is 18.2 Å². The van der Waals surface area contributed by atoms with Crippen molar-refractivity contribution in [2.24, 2.45) is 5.73 Å². The molecule has 1 aliphatic rings. The molecule has 1 aromatic carbocycles. The molecule has 0 spiro atoms. The highest BCUT2D eigenvalue weighted by atomic mass is 19.1. The molecule has 2 heterocycles. The van der Waals surface area contributed by atoms with Crippen molar-refractivity contribution in [1.82, 2.24) is 9.88 Å². The van der Waals surface area contributed by atoms with Gasteiger partial charge in [-0.15, -0.1) is 0 Å². The molecule has 0 aliphatic carbocycles.